The number of carbonyl (C=O) groups is 1. The molecule has 10 heteroatoms. The van der Waals surface area contributed by atoms with Gasteiger partial charge in [-0.25, -0.2) is 9.97 Å². The Labute approximate surface area is 186 Å². The smallest absolute Gasteiger partial charge is 0.269 e. The number of amides is 1. The van der Waals surface area contributed by atoms with Gasteiger partial charge in [-0.15, -0.1) is 0 Å². The van der Waals surface area contributed by atoms with Crippen LogP contribution in [-0.4, -0.2) is 72.2 Å². The largest absolute Gasteiger partial charge is 0.497 e. The molecule has 1 saturated heterocycles. The van der Waals surface area contributed by atoms with Gasteiger partial charge in [0.05, 0.1) is 26.0 Å². The first-order valence-electron chi connectivity index (χ1n) is 10.5. The van der Waals surface area contributed by atoms with Gasteiger partial charge in [0, 0.05) is 44.9 Å². The van der Waals surface area contributed by atoms with Crippen molar-refractivity contribution in [3.05, 3.63) is 48.4 Å². The zero-order chi connectivity index (χ0) is 22.3. The second-order valence-corrected chi connectivity index (χ2v) is 7.31. The number of carbonyl (C=O) groups excluding carboxylic acids is 1. The Hall–Kier alpha value is -3.66. The maximum atomic E-state index is 12.6. The van der Waals surface area contributed by atoms with Crippen molar-refractivity contribution in [1.29, 1.82) is 0 Å². The van der Waals surface area contributed by atoms with E-state index in [-0.39, 0.29) is 5.91 Å². The van der Waals surface area contributed by atoms with Crippen LogP contribution in [0, 0.1) is 0 Å². The first kappa shape index (κ1) is 21.6. The van der Waals surface area contributed by atoms with Crippen LogP contribution >= 0.6 is 0 Å². The van der Waals surface area contributed by atoms with E-state index in [1.165, 1.54) is 0 Å². The fourth-order valence-electron chi connectivity index (χ4n) is 3.47. The fraction of sp³-hybridized carbons (Fsp3) is 0.364. The van der Waals surface area contributed by atoms with Crippen LogP contribution in [0.4, 0.5) is 11.6 Å². The molecule has 0 saturated carbocycles. The highest BCUT2D eigenvalue weighted by Crippen LogP contribution is 2.23. The summed E-state index contributed by atoms with van der Waals surface area (Å²) in [5.41, 5.74) is 2.09. The van der Waals surface area contributed by atoms with Crippen LogP contribution in [0.1, 0.15) is 10.5 Å². The minimum absolute atomic E-state index is 0.187. The molecule has 1 amide bonds. The van der Waals surface area contributed by atoms with Crippen molar-refractivity contribution < 1.29 is 14.3 Å². The topological polar surface area (TPSA) is 106 Å². The summed E-state index contributed by atoms with van der Waals surface area (Å²) in [6.45, 7) is 4.00. The Morgan fingerprint density at radius 2 is 2.00 bits per heavy atom. The number of aryl methyl sites for hydroxylation is 1. The van der Waals surface area contributed by atoms with E-state index in [1.54, 1.807) is 31.2 Å². The third-order valence-electron chi connectivity index (χ3n) is 5.18. The SMILES string of the molecule is COc1cccc(-c2cc(C(=O)NCCNc3cc(N4CCOCC4)ncn3)n(C)n2)c1. The van der Waals surface area contributed by atoms with Gasteiger partial charge in [0.1, 0.15) is 29.4 Å². The van der Waals surface area contributed by atoms with Gasteiger partial charge in [0.25, 0.3) is 5.91 Å². The lowest BCUT2D eigenvalue weighted by atomic mass is 10.1. The first-order chi connectivity index (χ1) is 15.6. The van der Waals surface area contributed by atoms with Gasteiger partial charge in [0.2, 0.25) is 0 Å². The third kappa shape index (κ3) is 5.14. The molecule has 0 spiro atoms. The van der Waals surface area contributed by atoms with Crippen LogP contribution in [0.5, 0.6) is 5.75 Å². The number of nitrogens with zero attached hydrogens (tertiary/aromatic N) is 5. The standard InChI is InChI=1S/C22H27N7O3/c1-28-19(13-18(27-28)16-4-3-5-17(12-16)31-2)22(30)24-7-6-23-20-14-21(26-15-25-20)29-8-10-32-11-9-29/h3-5,12-15H,6-11H2,1-2H3,(H,24,30)(H,23,25,26). The number of hydrogen-bond acceptors (Lipinski definition) is 8. The van der Waals surface area contributed by atoms with Crippen molar-refractivity contribution in [1.82, 2.24) is 25.1 Å². The number of nitrogens with one attached hydrogen (secondary N) is 2. The minimum atomic E-state index is -0.187. The van der Waals surface area contributed by atoms with Crippen molar-refractivity contribution in [2.45, 2.75) is 0 Å². The van der Waals surface area contributed by atoms with E-state index in [2.05, 4.69) is 30.6 Å². The average molecular weight is 438 g/mol. The molecule has 0 bridgehead atoms. The van der Waals surface area contributed by atoms with E-state index in [0.29, 0.717) is 37.7 Å². The molecule has 0 unspecified atom stereocenters. The van der Waals surface area contributed by atoms with E-state index in [9.17, 15) is 4.79 Å². The molecule has 3 heterocycles. The predicted octanol–water partition coefficient (Wildman–Crippen LogP) is 1.56. The molecule has 3 aromatic rings. The summed E-state index contributed by atoms with van der Waals surface area (Å²) in [7, 11) is 3.38. The molecule has 168 valence electrons. The molecular formula is C22H27N7O3. The van der Waals surface area contributed by atoms with E-state index in [4.69, 9.17) is 9.47 Å². The van der Waals surface area contributed by atoms with Gasteiger partial charge in [-0.3, -0.25) is 9.48 Å². The number of methoxy groups -OCH3 is 1. The lowest BCUT2D eigenvalue weighted by Gasteiger charge is -2.27. The maximum Gasteiger partial charge on any atom is 0.269 e. The van der Waals surface area contributed by atoms with Gasteiger partial charge >= 0.3 is 0 Å². The fourth-order valence-corrected chi connectivity index (χ4v) is 3.47. The summed E-state index contributed by atoms with van der Waals surface area (Å²) in [4.78, 5) is 23.4. The number of rotatable bonds is 8. The second kappa shape index (κ2) is 10.1. The highest BCUT2D eigenvalue weighted by atomic mass is 16.5. The van der Waals surface area contributed by atoms with Crippen molar-refractivity contribution in [3.63, 3.8) is 0 Å². The quantitative estimate of drug-likeness (QED) is 0.512. The summed E-state index contributed by atoms with van der Waals surface area (Å²) < 4.78 is 12.2. The molecule has 1 aliphatic heterocycles. The van der Waals surface area contributed by atoms with E-state index in [1.807, 2.05) is 30.3 Å². The van der Waals surface area contributed by atoms with Gasteiger partial charge < -0.3 is 25.0 Å². The van der Waals surface area contributed by atoms with Gasteiger partial charge in [0.15, 0.2) is 0 Å². The van der Waals surface area contributed by atoms with E-state index < -0.39 is 0 Å². The van der Waals surface area contributed by atoms with E-state index in [0.717, 1.165) is 36.0 Å². The Bertz CT molecular complexity index is 1060. The lowest BCUT2D eigenvalue weighted by Crippen LogP contribution is -2.36. The van der Waals surface area contributed by atoms with Crippen LogP contribution in [0.3, 0.4) is 0 Å². The summed E-state index contributed by atoms with van der Waals surface area (Å²) in [6, 6.07) is 11.3. The molecule has 1 aromatic carbocycles. The van der Waals surface area contributed by atoms with Crippen LogP contribution in [0.25, 0.3) is 11.3 Å². The average Bonchev–Trinajstić information content (AvgIpc) is 3.24. The zero-order valence-electron chi connectivity index (χ0n) is 18.2. The Kier molecular flexibility index (Phi) is 6.81. The Balaban J connectivity index is 1.30. The first-order valence-corrected chi connectivity index (χ1v) is 10.5. The minimum Gasteiger partial charge on any atom is -0.497 e. The summed E-state index contributed by atoms with van der Waals surface area (Å²) >= 11 is 0. The van der Waals surface area contributed by atoms with Crippen molar-refractivity contribution in [2.75, 3.05) is 56.7 Å². The number of hydrogen-bond donors (Lipinski definition) is 2. The van der Waals surface area contributed by atoms with Crippen LogP contribution in [0.2, 0.25) is 0 Å². The second-order valence-electron chi connectivity index (χ2n) is 7.31. The molecule has 1 aliphatic rings. The van der Waals surface area contributed by atoms with Crippen LogP contribution in [-0.2, 0) is 11.8 Å². The lowest BCUT2D eigenvalue weighted by molar-refractivity contribution is 0.0945. The van der Waals surface area contributed by atoms with Gasteiger partial charge in [-0.2, -0.15) is 5.10 Å². The number of ether oxygens (including phenoxy) is 2. The maximum absolute atomic E-state index is 12.6. The van der Waals surface area contributed by atoms with E-state index >= 15 is 0 Å². The molecule has 10 nitrogen and oxygen atoms in total. The van der Waals surface area contributed by atoms with Crippen molar-refractivity contribution in [2.24, 2.45) is 7.05 Å². The number of anilines is 2. The van der Waals surface area contributed by atoms with Gasteiger partial charge in [-0.1, -0.05) is 12.1 Å². The zero-order valence-corrected chi connectivity index (χ0v) is 18.2. The van der Waals surface area contributed by atoms with Crippen molar-refractivity contribution >= 4 is 17.5 Å². The summed E-state index contributed by atoms with van der Waals surface area (Å²) in [5.74, 6) is 2.14. The predicted molar refractivity (Wildman–Crippen MR) is 121 cm³/mol. The Morgan fingerprint density at radius 3 is 2.81 bits per heavy atom. The molecule has 4 rings (SSSR count). The number of benzene rings is 1. The van der Waals surface area contributed by atoms with Crippen molar-refractivity contribution in [3.8, 4) is 17.0 Å². The molecular weight excluding hydrogens is 410 g/mol. The highest BCUT2D eigenvalue weighted by molar-refractivity contribution is 5.93. The molecule has 0 aliphatic carbocycles. The Morgan fingerprint density at radius 1 is 1.16 bits per heavy atom. The highest BCUT2D eigenvalue weighted by Gasteiger charge is 2.15. The molecule has 1 fully saturated rings. The number of morpholine rings is 1. The monoisotopic (exact) mass is 437 g/mol. The van der Waals surface area contributed by atoms with Crippen LogP contribution in [0.15, 0.2) is 42.7 Å². The molecule has 2 aromatic heterocycles. The third-order valence-corrected chi connectivity index (χ3v) is 5.18. The molecule has 2 N–H and O–H groups in total. The molecule has 32 heavy (non-hydrogen) atoms. The number of aromatic nitrogens is 4. The summed E-state index contributed by atoms with van der Waals surface area (Å²) in [5, 5.41) is 10.6. The normalized spacial score (nSPS) is 13.6. The summed E-state index contributed by atoms with van der Waals surface area (Å²) in [6.07, 6.45) is 1.54. The van der Waals surface area contributed by atoms with Crippen LogP contribution < -0.4 is 20.3 Å². The molecule has 0 radical (unpaired) electrons. The molecule has 0 atom stereocenters. The van der Waals surface area contributed by atoms with Gasteiger partial charge in [-0.05, 0) is 18.2 Å².